The molecule has 18 heavy (non-hydrogen) atoms. The third-order valence-electron chi connectivity index (χ3n) is 3.08. The van der Waals surface area contributed by atoms with Crippen LogP contribution in [-0.4, -0.2) is 40.3 Å². The Kier molecular flexibility index (Phi) is 4.58. The lowest BCUT2D eigenvalue weighted by atomic mass is 9.95. The summed E-state index contributed by atoms with van der Waals surface area (Å²) in [4.78, 5) is 16.3. The summed E-state index contributed by atoms with van der Waals surface area (Å²) in [5.74, 6) is 0.863. The van der Waals surface area contributed by atoms with Crippen LogP contribution in [0, 0.1) is 5.92 Å². The summed E-state index contributed by atoms with van der Waals surface area (Å²) in [7, 11) is 1.45. The molecule has 1 aromatic rings. The Morgan fingerprint density at radius 3 is 3.00 bits per heavy atom. The highest BCUT2D eigenvalue weighted by Crippen LogP contribution is 2.43. The average Bonchev–Trinajstić information content (AvgIpc) is 3.11. The third kappa shape index (κ3) is 2.84. The summed E-state index contributed by atoms with van der Waals surface area (Å²) in [6, 6.07) is 0. The van der Waals surface area contributed by atoms with Crippen molar-refractivity contribution >= 4 is 29.3 Å². The van der Waals surface area contributed by atoms with Crippen molar-refractivity contribution in [3.63, 3.8) is 0 Å². The van der Waals surface area contributed by atoms with Crippen LogP contribution in [0.3, 0.4) is 0 Å². The highest BCUT2D eigenvalue weighted by atomic mass is 32.2. The molecule has 1 N–H and O–H groups in total. The van der Waals surface area contributed by atoms with Crippen LogP contribution >= 0.6 is 23.3 Å². The molecule has 7 heteroatoms. The molecule has 1 aliphatic carbocycles. The first-order valence-electron chi connectivity index (χ1n) is 5.96. The summed E-state index contributed by atoms with van der Waals surface area (Å²) < 4.78 is 9.85. The van der Waals surface area contributed by atoms with Crippen LogP contribution in [0.4, 0.5) is 0 Å². The van der Waals surface area contributed by atoms with Gasteiger partial charge in [-0.05, 0) is 36.8 Å². The number of hydrogen-bond donors (Lipinski definition) is 1. The van der Waals surface area contributed by atoms with Gasteiger partial charge in [0.25, 0.3) is 0 Å². The number of esters is 1. The lowest BCUT2D eigenvalue weighted by Gasteiger charge is -2.31. The van der Waals surface area contributed by atoms with Gasteiger partial charge in [-0.2, -0.15) is 4.37 Å². The Morgan fingerprint density at radius 2 is 2.50 bits per heavy atom. The summed E-state index contributed by atoms with van der Waals surface area (Å²) in [6.45, 7) is 2.76. The van der Waals surface area contributed by atoms with Crippen molar-refractivity contribution in [2.45, 2.75) is 29.6 Å². The molecule has 1 fully saturated rings. The minimum atomic E-state index is -0.570. The first kappa shape index (κ1) is 13.8. The maximum atomic E-state index is 12.1. The predicted molar refractivity (Wildman–Crippen MR) is 71.8 cm³/mol. The number of methoxy groups -OCH3 is 1. The fourth-order valence-corrected chi connectivity index (χ4v) is 3.81. The highest BCUT2D eigenvalue weighted by Gasteiger charge is 2.51. The molecule has 0 bridgehead atoms. The summed E-state index contributed by atoms with van der Waals surface area (Å²) >= 11 is 2.92. The molecule has 2 rings (SSSR count). The van der Waals surface area contributed by atoms with E-state index in [1.165, 1.54) is 25.0 Å². The molecule has 100 valence electrons. The Balaban J connectivity index is 2.09. The van der Waals surface area contributed by atoms with Crippen molar-refractivity contribution in [2.75, 3.05) is 19.4 Å². The van der Waals surface area contributed by atoms with Gasteiger partial charge < -0.3 is 10.1 Å². The van der Waals surface area contributed by atoms with Crippen LogP contribution in [0.15, 0.2) is 10.7 Å². The molecule has 0 aliphatic heterocycles. The molecular weight excluding hydrogens is 270 g/mol. The molecule has 1 heterocycles. The van der Waals surface area contributed by atoms with E-state index in [1.54, 1.807) is 11.8 Å². The van der Waals surface area contributed by atoms with Crippen molar-refractivity contribution < 1.29 is 9.53 Å². The van der Waals surface area contributed by atoms with Crippen LogP contribution in [0.25, 0.3) is 0 Å². The number of carbonyl (C=O) groups is 1. The molecule has 1 aliphatic rings. The highest BCUT2D eigenvalue weighted by molar-refractivity contribution is 8.01. The molecular formula is C11H17N3O2S2. The van der Waals surface area contributed by atoms with E-state index in [0.29, 0.717) is 11.7 Å². The van der Waals surface area contributed by atoms with Gasteiger partial charge in [0.1, 0.15) is 11.9 Å². The number of thioether (sulfide) groups is 1. The van der Waals surface area contributed by atoms with Gasteiger partial charge in [0.2, 0.25) is 0 Å². The molecule has 1 aromatic heterocycles. The largest absolute Gasteiger partial charge is 0.468 e. The molecule has 0 amide bonds. The molecule has 0 radical (unpaired) electrons. The van der Waals surface area contributed by atoms with Gasteiger partial charge in [0, 0.05) is 5.75 Å². The second kappa shape index (κ2) is 5.99. The van der Waals surface area contributed by atoms with Crippen molar-refractivity contribution in [3.8, 4) is 0 Å². The topological polar surface area (TPSA) is 64.1 Å². The van der Waals surface area contributed by atoms with E-state index in [0.717, 1.165) is 23.7 Å². The first-order valence-corrected chi connectivity index (χ1v) is 7.71. The van der Waals surface area contributed by atoms with Gasteiger partial charge in [-0.1, -0.05) is 18.7 Å². The lowest BCUT2D eigenvalue weighted by Crippen LogP contribution is -2.56. The Labute approximate surface area is 115 Å². The van der Waals surface area contributed by atoms with Crippen LogP contribution < -0.4 is 5.32 Å². The average molecular weight is 287 g/mol. The van der Waals surface area contributed by atoms with E-state index in [1.807, 2.05) is 6.92 Å². The number of nitrogens with one attached hydrogen (secondary N) is 1. The van der Waals surface area contributed by atoms with Gasteiger partial charge in [0.05, 0.1) is 7.11 Å². The molecule has 1 atom stereocenters. The number of ether oxygens (including phenoxy) is 1. The van der Waals surface area contributed by atoms with Crippen LogP contribution in [0.5, 0.6) is 0 Å². The number of nitrogens with zero attached hydrogens (tertiary/aromatic N) is 2. The molecule has 0 aromatic carbocycles. The van der Waals surface area contributed by atoms with E-state index >= 15 is 0 Å². The summed E-state index contributed by atoms with van der Waals surface area (Å²) in [5.41, 5.74) is -0.570. The van der Waals surface area contributed by atoms with Gasteiger partial charge in [0.15, 0.2) is 4.34 Å². The minimum Gasteiger partial charge on any atom is -0.468 e. The molecule has 0 saturated heterocycles. The molecule has 1 saturated carbocycles. The fourth-order valence-electron chi connectivity index (χ4n) is 2.09. The maximum absolute atomic E-state index is 12.1. The number of carbonyl (C=O) groups excluding carboxylic acids is 1. The predicted octanol–water partition coefficient (Wildman–Crippen LogP) is 1.56. The normalized spacial score (nSPS) is 18.3. The Morgan fingerprint density at radius 1 is 1.72 bits per heavy atom. The molecule has 1 unspecified atom stereocenters. The number of aromatic nitrogens is 2. The monoisotopic (exact) mass is 287 g/mol. The summed E-state index contributed by atoms with van der Waals surface area (Å²) in [5, 5.41) is 3.33. The lowest BCUT2D eigenvalue weighted by molar-refractivity contribution is -0.148. The van der Waals surface area contributed by atoms with Crippen LogP contribution in [0.2, 0.25) is 0 Å². The standard InChI is InChI=1S/C11H17N3O2S2/c1-3-13-11(8-4-5-8,9(15)16-2)6-17-10-12-7-14-18-10/h7-8,13H,3-6H2,1-2H3. The maximum Gasteiger partial charge on any atom is 0.327 e. The number of rotatable bonds is 7. The number of likely N-dealkylation sites (N-methyl/N-ethyl adjacent to an activating group) is 1. The van der Waals surface area contributed by atoms with Gasteiger partial charge in [-0.3, -0.25) is 4.79 Å². The van der Waals surface area contributed by atoms with Crippen LogP contribution in [0.1, 0.15) is 19.8 Å². The van der Waals surface area contributed by atoms with Crippen molar-refractivity contribution in [1.82, 2.24) is 14.7 Å². The quantitative estimate of drug-likeness (QED) is 0.606. The fraction of sp³-hybridized carbons (Fsp3) is 0.727. The smallest absolute Gasteiger partial charge is 0.327 e. The zero-order valence-electron chi connectivity index (χ0n) is 10.5. The summed E-state index contributed by atoms with van der Waals surface area (Å²) in [6.07, 6.45) is 3.70. The zero-order valence-corrected chi connectivity index (χ0v) is 12.1. The number of hydrogen-bond acceptors (Lipinski definition) is 7. The van der Waals surface area contributed by atoms with E-state index in [2.05, 4.69) is 14.7 Å². The Hall–Kier alpha value is -0.660. The van der Waals surface area contributed by atoms with E-state index in [4.69, 9.17) is 4.74 Å². The second-order valence-electron chi connectivity index (χ2n) is 4.26. The second-order valence-corrected chi connectivity index (χ2v) is 6.27. The van der Waals surface area contributed by atoms with E-state index < -0.39 is 5.54 Å². The Bertz CT molecular complexity index is 395. The SMILES string of the molecule is CCNC(CSc1ncns1)(C(=O)OC)C1CC1. The zero-order chi connectivity index (χ0) is 13.0. The first-order chi connectivity index (χ1) is 8.73. The third-order valence-corrected chi connectivity index (χ3v) is 5.07. The van der Waals surface area contributed by atoms with E-state index in [9.17, 15) is 4.79 Å². The van der Waals surface area contributed by atoms with Gasteiger partial charge >= 0.3 is 5.97 Å². The molecule has 0 spiro atoms. The van der Waals surface area contributed by atoms with E-state index in [-0.39, 0.29) is 5.97 Å². The van der Waals surface area contributed by atoms with Crippen molar-refractivity contribution in [1.29, 1.82) is 0 Å². The van der Waals surface area contributed by atoms with Crippen molar-refractivity contribution in [3.05, 3.63) is 6.33 Å². The van der Waals surface area contributed by atoms with Gasteiger partial charge in [-0.25, -0.2) is 4.98 Å². The van der Waals surface area contributed by atoms with Gasteiger partial charge in [-0.15, -0.1) is 0 Å². The van der Waals surface area contributed by atoms with Crippen LogP contribution in [-0.2, 0) is 9.53 Å². The molecule has 5 nitrogen and oxygen atoms in total. The minimum absolute atomic E-state index is 0.163. The van der Waals surface area contributed by atoms with Crippen molar-refractivity contribution in [2.24, 2.45) is 5.92 Å².